The van der Waals surface area contributed by atoms with Gasteiger partial charge in [0.05, 0.1) is 5.60 Å². The lowest BCUT2D eigenvalue weighted by molar-refractivity contribution is -0.000831. The second-order valence-electron chi connectivity index (χ2n) is 5.40. The first-order valence-electron chi connectivity index (χ1n) is 6.44. The van der Waals surface area contributed by atoms with Crippen molar-refractivity contribution in [2.24, 2.45) is 5.92 Å². The summed E-state index contributed by atoms with van der Waals surface area (Å²) < 4.78 is 0. The van der Waals surface area contributed by atoms with Gasteiger partial charge in [-0.3, -0.25) is 0 Å². The van der Waals surface area contributed by atoms with Crippen molar-refractivity contribution in [2.75, 3.05) is 11.9 Å². The van der Waals surface area contributed by atoms with Crippen LogP contribution in [0.3, 0.4) is 0 Å². The summed E-state index contributed by atoms with van der Waals surface area (Å²) in [6.07, 6.45) is 3.99. The lowest BCUT2D eigenvalue weighted by Gasteiger charge is -2.35. The standard InChI is InChI=1S/C13H20ClN3O/c1-9-4-3-5-13(18,7-9)8-15-12-6-11(14)16-10(2)17-12/h6,9,18H,3-5,7-8H2,1-2H3,(H,15,16,17). The van der Waals surface area contributed by atoms with Crippen LogP contribution in [0.2, 0.25) is 5.15 Å². The number of hydrogen-bond donors (Lipinski definition) is 2. The summed E-state index contributed by atoms with van der Waals surface area (Å²) in [7, 11) is 0. The van der Waals surface area contributed by atoms with Gasteiger partial charge in [0, 0.05) is 12.6 Å². The lowest BCUT2D eigenvalue weighted by atomic mass is 9.79. The SMILES string of the molecule is Cc1nc(Cl)cc(NCC2(O)CCCC(C)C2)n1. The van der Waals surface area contributed by atoms with Gasteiger partial charge >= 0.3 is 0 Å². The van der Waals surface area contributed by atoms with Crippen LogP contribution in [0.1, 0.15) is 38.4 Å². The summed E-state index contributed by atoms with van der Waals surface area (Å²) in [5.74, 6) is 1.90. The van der Waals surface area contributed by atoms with Gasteiger partial charge in [0.1, 0.15) is 16.8 Å². The van der Waals surface area contributed by atoms with E-state index in [-0.39, 0.29) is 0 Å². The van der Waals surface area contributed by atoms with Crippen molar-refractivity contribution in [1.82, 2.24) is 9.97 Å². The van der Waals surface area contributed by atoms with Crippen LogP contribution in [0, 0.1) is 12.8 Å². The molecule has 18 heavy (non-hydrogen) atoms. The number of nitrogens with one attached hydrogen (secondary N) is 1. The minimum Gasteiger partial charge on any atom is -0.388 e. The maximum Gasteiger partial charge on any atom is 0.134 e. The molecule has 0 amide bonds. The minimum absolute atomic E-state index is 0.425. The van der Waals surface area contributed by atoms with Crippen molar-refractivity contribution in [2.45, 2.75) is 45.1 Å². The first-order chi connectivity index (χ1) is 8.47. The summed E-state index contributed by atoms with van der Waals surface area (Å²) >= 11 is 5.88. The van der Waals surface area contributed by atoms with E-state index in [1.165, 1.54) is 6.42 Å². The minimum atomic E-state index is -0.622. The largest absolute Gasteiger partial charge is 0.388 e. The van der Waals surface area contributed by atoms with E-state index in [9.17, 15) is 5.11 Å². The fraction of sp³-hybridized carbons (Fsp3) is 0.692. The van der Waals surface area contributed by atoms with Crippen molar-refractivity contribution < 1.29 is 5.11 Å². The molecule has 1 aliphatic carbocycles. The molecule has 0 bridgehead atoms. The second kappa shape index (κ2) is 5.41. The molecule has 0 aromatic carbocycles. The average Bonchev–Trinajstić information content (AvgIpc) is 2.25. The normalized spacial score (nSPS) is 28.1. The van der Waals surface area contributed by atoms with E-state index < -0.39 is 5.60 Å². The van der Waals surface area contributed by atoms with Gasteiger partial charge in [-0.15, -0.1) is 0 Å². The van der Waals surface area contributed by atoms with Crippen LogP contribution in [0.25, 0.3) is 0 Å². The smallest absolute Gasteiger partial charge is 0.134 e. The number of aliphatic hydroxyl groups is 1. The number of nitrogens with zero attached hydrogens (tertiary/aromatic N) is 2. The zero-order valence-electron chi connectivity index (χ0n) is 10.9. The molecule has 1 heterocycles. The van der Waals surface area contributed by atoms with Crippen LogP contribution >= 0.6 is 11.6 Å². The van der Waals surface area contributed by atoms with Crippen LogP contribution in [0.5, 0.6) is 0 Å². The Kier molecular flexibility index (Phi) is 4.07. The first kappa shape index (κ1) is 13.6. The molecular formula is C13H20ClN3O. The summed E-state index contributed by atoms with van der Waals surface area (Å²) in [6, 6.07) is 1.68. The molecule has 2 atom stereocenters. The van der Waals surface area contributed by atoms with E-state index in [1.807, 2.05) is 0 Å². The third kappa shape index (κ3) is 3.56. The summed E-state index contributed by atoms with van der Waals surface area (Å²) in [4.78, 5) is 8.26. The zero-order valence-corrected chi connectivity index (χ0v) is 11.7. The number of halogens is 1. The second-order valence-corrected chi connectivity index (χ2v) is 5.79. The van der Waals surface area contributed by atoms with E-state index in [0.29, 0.717) is 29.3 Å². The van der Waals surface area contributed by atoms with E-state index >= 15 is 0 Å². The molecule has 0 radical (unpaired) electrons. The third-order valence-electron chi connectivity index (χ3n) is 3.47. The summed E-state index contributed by atoms with van der Waals surface area (Å²) in [5, 5.41) is 14.1. The van der Waals surface area contributed by atoms with Crippen LogP contribution in [0.15, 0.2) is 6.07 Å². The van der Waals surface area contributed by atoms with Crippen molar-refractivity contribution in [3.8, 4) is 0 Å². The van der Waals surface area contributed by atoms with Gasteiger partial charge in [-0.1, -0.05) is 31.4 Å². The highest BCUT2D eigenvalue weighted by molar-refractivity contribution is 6.29. The molecule has 1 aromatic heterocycles. The highest BCUT2D eigenvalue weighted by Crippen LogP contribution is 2.32. The van der Waals surface area contributed by atoms with E-state index in [1.54, 1.807) is 13.0 Å². The molecule has 4 nitrogen and oxygen atoms in total. The van der Waals surface area contributed by atoms with Crippen LogP contribution in [-0.2, 0) is 0 Å². The van der Waals surface area contributed by atoms with E-state index in [2.05, 4.69) is 22.2 Å². The fourth-order valence-corrected chi connectivity index (χ4v) is 2.90. The Morgan fingerprint density at radius 3 is 3.00 bits per heavy atom. The molecule has 0 saturated heterocycles. The maximum atomic E-state index is 10.5. The molecule has 2 unspecified atom stereocenters. The van der Waals surface area contributed by atoms with E-state index in [4.69, 9.17) is 11.6 Å². The predicted molar refractivity (Wildman–Crippen MR) is 72.9 cm³/mol. The molecule has 2 N–H and O–H groups in total. The molecule has 100 valence electrons. The van der Waals surface area contributed by atoms with Gasteiger partial charge < -0.3 is 10.4 Å². The van der Waals surface area contributed by atoms with Crippen molar-refractivity contribution in [3.63, 3.8) is 0 Å². The Morgan fingerprint density at radius 2 is 2.33 bits per heavy atom. The van der Waals surface area contributed by atoms with Gasteiger partial charge in [0.25, 0.3) is 0 Å². The molecule has 5 heteroatoms. The predicted octanol–water partition coefficient (Wildman–Crippen LogP) is 2.79. The Bertz CT molecular complexity index is 406. The highest BCUT2D eigenvalue weighted by atomic mass is 35.5. The number of hydrogen-bond acceptors (Lipinski definition) is 4. The van der Waals surface area contributed by atoms with Crippen molar-refractivity contribution in [1.29, 1.82) is 0 Å². The van der Waals surface area contributed by atoms with Crippen LogP contribution < -0.4 is 5.32 Å². The molecule has 1 aliphatic rings. The quantitative estimate of drug-likeness (QED) is 0.829. The van der Waals surface area contributed by atoms with Gasteiger partial charge in [-0.05, 0) is 25.7 Å². The van der Waals surface area contributed by atoms with Gasteiger partial charge in [0.2, 0.25) is 0 Å². The molecule has 1 saturated carbocycles. The first-order valence-corrected chi connectivity index (χ1v) is 6.82. The number of aromatic nitrogens is 2. The maximum absolute atomic E-state index is 10.5. The number of aryl methyl sites for hydroxylation is 1. The van der Waals surface area contributed by atoms with Gasteiger partial charge in [-0.2, -0.15) is 0 Å². The molecule has 0 aliphatic heterocycles. The molecule has 1 fully saturated rings. The van der Waals surface area contributed by atoms with Gasteiger partial charge in [-0.25, -0.2) is 9.97 Å². The van der Waals surface area contributed by atoms with Crippen LogP contribution in [-0.4, -0.2) is 27.2 Å². The Hall–Kier alpha value is -0.870. The summed E-state index contributed by atoms with van der Waals surface area (Å²) in [6.45, 7) is 4.51. The van der Waals surface area contributed by atoms with Crippen LogP contribution in [0.4, 0.5) is 5.82 Å². The summed E-state index contributed by atoms with van der Waals surface area (Å²) in [5.41, 5.74) is -0.622. The molecule has 0 spiro atoms. The zero-order chi connectivity index (χ0) is 13.2. The number of rotatable bonds is 3. The monoisotopic (exact) mass is 269 g/mol. The third-order valence-corrected chi connectivity index (χ3v) is 3.67. The molecule has 1 aromatic rings. The fourth-order valence-electron chi connectivity index (χ4n) is 2.67. The Morgan fingerprint density at radius 1 is 1.56 bits per heavy atom. The topological polar surface area (TPSA) is 58.0 Å². The van der Waals surface area contributed by atoms with Gasteiger partial charge in [0.15, 0.2) is 0 Å². The number of anilines is 1. The molecular weight excluding hydrogens is 250 g/mol. The van der Waals surface area contributed by atoms with Crippen molar-refractivity contribution in [3.05, 3.63) is 17.0 Å². The Balaban J connectivity index is 1.98. The van der Waals surface area contributed by atoms with Crippen molar-refractivity contribution >= 4 is 17.4 Å². The highest BCUT2D eigenvalue weighted by Gasteiger charge is 2.32. The van der Waals surface area contributed by atoms with E-state index in [0.717, 1.165) is 19.3 Å². The molecule has 2 rings (SSSR count). The lowest BCUT2D eigenvalue weighted by Crippen LogP contribution is -2.41. The Labute approximate surface area is 113 Å². The average molecular weight is 270 g/mol.